The van der Waals surface area contributed by atoms with Crippen molar-refractivity contribution in [1.29, 1.82) is 0 Å². The number of aromatic nitrogens is 3. The quantitative estimate of drug-likeness (QED) is 0.185. The highest BCUT2D eigenvalue weighted by Crippen LogP contribution is 2.46. The normalized spacial score (nSPS) is 11.6. The first kappa shape index (κ1) is 28.6. The smallest absolute Gasteiger partial charge is 0.160 e. The van der Waals surface area contributed by atoms with Crippen LogP contribution in [-0.4, -0.2) is 15.0 Å². The molecule has 0 aliphatic heterocycles. The molecule has 4 aromatic heterocycles. The number of thiophene rings is 1. The van der Waals surface area contributed by atoms with Gasteiger partial charge in [0.2, 0.25) is 0 Å². The Morgan fingerprint density at radius 3 is 2.04 bits per heavy atom. The average Bonchev–Trinajstić information content (AvgIpc) is 3.77. The average molecular weight is 658 g/mol. The molecule has 10 aromatic rings. The number of pyridine rings is 1. The zero-order chi connectivity index (χ0) is 33.0. The largest absolute Gasteiger partial charge is 0.455 e. The molecule has 0 amide bonds. The number of nitrogens with zero attached hydrogens (tertiary/aromatic N) is 3. The summed E-state index contributed by atoms with van der Waals surface area (Å²) in [5.74, 6) is 0.673. The monoisotopic (exact) mass is 657 g/mol. The molecule has 0 saturated carbocycles. The van der Waals surface area contributed by atoms with Gasteiger partial charge in [0.15, 0.2) is 5.82 Å². The fraction of sp³-hybridized carbons (Fsp3) is 0. The minimum absolute atomic E-state index is 0.673. The maximum atomic E-state index is 6.79. The third-order valence-corrected chi connectivity index (χ3v) is 10.6. The van der Waals surface area contributed by atoms with Crippen LogP contribution >= 0.6 is 11.3 Å². The predicted octanol–water partition coefficient (Wildman–Crippen LogP) is 12.5. The Balaban J connectivity index is 1.23. The Bertz CT molecular complexity index is 2870. The first-order valence-corrected chi connectivity index (χ1v) is 17.4. The van der Waals surface area contributed by atoms with Crippen LogP contribution in [0.5, 0.6) is 0 Å². The van der Waals surface area contributed by atoms with Crippen LogP contribution in [0.25, 0.3) is 98.3 Å². The van der Waals surface area contributed by atoms with Gasteiger partial charge >= 0.3 is 0 Å². The van der Waals surface area contributed by atoms with Crippen molar-refractivity contribution in [3.05, 3.63) is 164 Å². The minimum Gasteiger partial charge on any atom is -0.455 e. The van der Waals surface area contributed by atoms with Gasteiger partial charge in [0.25, 0.3) is 0 Å². The second kappa shape index (κ2) is 11.6. The summed E-state index contributed by atoms with van der Waals surface area (Å²) in [5.41, 5.74) is 10.8. The molecule has 6 aromatic carbocycles. The van der Waals surface area contributed by atoms with E-state index in [9.17, 15) is 0 Å². The highest BCUT2D eigenvalue weighted by Gasteiger charge is 2.21. The Morgan fingerprint density at radius 1 is 0.440 bits per heavy atom. The van der Waals surface area contributed by atoms with Gasteiger partial charge in [-0.1, -0.05) is 103 Å². The van der Waals surface area contributed by atoms with E-state index in [1.165, 1.54) is 20.2 Å². The lowest BCUT2D eigenvalue weighted by molar-refractivity contribution is 0.670. The fourth-order valence-corrected chi connectivity index (χ4v) is 8.24. The molecule has 0 spiro atoms. The van der Waals surface area contributed by atoms with Crippen molar-refractivity contribution in [1.82, 2.24) is 15.0 Å². The molecule has 0 bridgehead atoms. The molecule has 0 radical (unpaired) electrons. The Labute approximate surface area is 292 Å². The molecule has 4 heterocycles. The van der Waals surface area contributed by atoms with Gasteiger partial charge in [-0.2, -0.15) is 0 Å². The summed E-state index contributed by atoms with van der Waals surface area (Å²) in [6.07, 6.45) is 3.65. The Morgan fingerprint density at radius 2 is 1.14 bits per heavy atom. The summed E-state index contributed by atoms with van der Waals surface area (Å²) < 4.78 is 9.33. The van der Waals surface area contributed by atoms with Gasteiger partial charge in [0.1, 0.15) is 11.2 Å². The third-order valence-electron chi connectivity index (χ3n) is 9.42. The lowest BCUT2D eigenvalue weighted by Crippen LogP contribution is -1.96. The van der Waals surface area contributed by atoms with Crippen molar-refractivity contribution in [2.45, 2.75) is 0 Å². The fourth-order valence-electron chi connectivity index (χ4n) is 7.10. The first-order chi connectivity index (χ1) is 24.8. The summed E-state index contributed by atoms with van der Waals surface area (Å²) in [5, 5.41) is 4.62. The SMILES string of the molecule is c1ccc(-c2nc(-c3cccc(-c4ccncc4)c3)cc(-c3ccc(-c4cccc5sc6ccccc6c45)c4oc5ccccc5c34)n2)cc1. The van der Waals surface area contributed by atoms with E-state index in [1.807, 2.05) is 60.1 Å². The van der Waals surface area contributed by atoms with Gasteiger partial charge in [0.05, 0.1) is 11.4 Å². The zero-order valence-corrected chi connectivity index (χ0v) is 27.6. The molecule has 0 N–H and O–H groups in total. The number of fused-ring (bicyclic) bond motifs is 6. The highest BCUT2D eigenvalue weighted by molar-refractivity contribution is 7.25. The van der Waals surface area contributed by atoms with Crippen LogP contribution in [0.4, 0.5) is 0 Å². The van der Waals surface area contributed by atoms with Gasteiger partial charge in [0, 0.05) is 65.6 Å². The molecule has 4 nitrogen and oxygen atoms in total. The molecule has 234 valence electrons. The number of furan rings is 1. The van der Waals surface area contributed by atoms with E-state index in [2.05, 4.69) is 120 Å². The number of hydrogen-bond donors (Lipinski definition) is 0. The van der Waals surface area contributed by atoms with Crippen molar-refractivity contribution >= 4 is 53.4 Å². The van der Waals surface area contributed by atoms with E-state index in [4.69, 9.17) is 14.4 Å². The lowest BCUT2D eigenvalue weighted by Gasteiger charge is -2.13. The minimum atomic E-state index is 0.673. The predicted molar refractivity (Wildman–Crippen MR) is 207 cm³/mol. The van der Waals surface area contributed by atoms with Crippen LogP contribution in [0.3, 0.4) is 0 Å². The number of rotatable bonds is 5. The molecule has 0 saturated heterocycles. The van der Waals surface area contributed by atoms with E-state index in [0.717, 1.165) is 72.3 Å². The first-order valence-electron chi connectivity index (χ1n) is 16.6. The Hall–Kier alpha value is -6.43. The van der Waals surface area contributed by atoms with Gasteiger partial charge in [-0.25, -0.2) is 9.97 Å². The van der Waals surface area contributed by atoms with Crippen molar-refractivity contribution in [3.63, 3.8) is 0 Å². The van der Waals surface area contributed by atoms with Crippen LogP contribution in [0, 0.1) is 0 Å². The van der Waals surface area contributed by atoms with E-state index >= 15 is 0 Å². The summed E-state index contributed by atoms with van der Waals surface area (Å²) in [7, 11) is 0. The molecule has 10 rings (SSSR count). The van der Waals surface area contributed by atoms with Crippen molar-refractivity contribution < 1.29 is 4.42 Å². The molecule has 0 fully saturated rings. The van der Waals surface area contributed by atoms with E-state index in [-0.39, 0.29) is 0 Å². The molecule has 0 aliphatic rings. The maximum Gasteiger partial charge on any atom is 0.160 e. The van der Waals surface area contributed by atoms with Crippen LogP contribution < -0.4 is 0 Å². The molecule has 50 heavy (non-hydrogen) atoms. The Kier molecular flexibility index (Phi) is 6.64. The number of para-hydroxylation sites is 1. The molecule has 5 heteroatoms. The van der Waals surface area contributed by atoms with Crippen LogP contribution in [0.1, 0.15) is 0 Å². The van der Waals surface area contributed by atoms with E-state index < -0.39 is 0 Å². The highest BCUT2D eigenvalue weighted by atomic mass is 32.1. The lowest BCUT2D eigenvalue weighted by atomic mass is 9.94. The summed E-state index contributed by atoms with van der Waals surface area (Å²) in [6, 6.07) is 52.8. The second-order valence-electron chi connectivity index (χ2n) is 12.4. The van der Waals surface area contributed by atoms with Crippen molar-refractivity contribution in [2.75, 3.05) is 0 Å². The van der Waals surface area contributed by atoms with Crippen LogP contribution in [0.15, 0.2) is 168 Å². The van der Waals surface area contributed by atoms with E-state index in [0.29, 0.717) is 5.82 Å². The second-order valence-corrected chi connectivity index (χ2v) is 13.5. The number of hydrogen-bond acceptors (Lipinski definition) is 5. The molecule has 0 atom stereocenters. The van der Waals surface area contributed by atoms with Crippen LogP contribution in [-0.2, 0) is 0 Å². The van der Waals surface area contributed by atoms with Crippen molar-refractivity contribution in [3.8, 4) is 56.2 Å². The van der Waals surface area contributed by atoms with E-state index in [1.54, 1.807) is 0 Å². The van der Waals surface area contributed by atoms with Gasteiger partial charge < -0.3 is 4.42 Å². The molecular formula is C45H27N3OS. The topological polar surface area (TPSA) is 51.8 Å². The van der Waals surface area contributed by atoms with Gasteiger partial charge in [-0.05, 0) is 65.2 Å². The summed E-state index contributed by atoms with van der Waals surface area (Å²) in [6.45, 7) is 0. The van der Waals surface area contributed by atoms with Crippen LogP contribution in [0.2, 0.25) is 0 Å². The number of benzene rings is 6. The van der Waals surface area contributed by atoms with Crippen molar-refractivity contribution in [2.24, 2.45) is 0 Å². The van der Waals surface area contributed by atoms with Gasteiger partial charge in [-0.15, -0.1) is 11.3 Å². The summed E-state index contributed by atoms with van der Waals surface area (Å²) in [4.78, 5) is 14.6. The molecule has 0 unspecified atom stereocenters. The summed E-state index contributed by atoms with van der Waals surface area (Å²) >= 11 is 1.83. The molecular weight excluding hydrogens is 631 g/mol. The standard InChI is InChI=1S/C45H27N3OS/c1-2-10-29(11-3-1)45-47-37(31-13-8-12-30(26-31)28-22-24-46-25-23-28)27-38(48-45)34-21-20-33(44-43(34)35-14-4-6-17-39(35)49-44)32-16-9-19-41-42(32)36-15-5-7-18-40(36)50-41/h1-27H. The molecule has 0 aliphatic carbocycles. The zero-order valence-electron chi connectivity index (χ0n) is 26.7. The third kappa shape index (κ3) is 4.71. The van der Waals surface area contributed by atoms with Gasteiger partial charge in [-0.3, -0.25) is 4.98 Å². The maximum absolute atomic E-state index is 6.79.